The summed E-state index contributed by atoms with van der Waals surface area (Å²) in [7, 11) is 0. The van der Waals surface area contributed by atoms with Gasteiger partial charge in [0.2, 0.25) is 0 Å². The zero-order valence-corrected chi connectivity index (χ0v) is 18.7. The zero-order chi connectivity index (χ0) is 22.7. The second-order valence-electron chi connectivity index (χ2n) is 5.75. The molecule has 0 aliphatic rings. The summed E-state index contributed by atoms with van der Waals surface area (Å²) in [6, 6.07) is 2.73. The van der Waals surface area contributed by atoms with Gasteiger partial charge in [0.1, 0.15) is 18.2 Å². The van der Waals surface area contributed by atoms with Crippen LogP contribution in [0.3, 0.4) is 0 Å². The fourth-order valence-electron chi connectivity index (χ4n) is 1.96. The number of halogens is 10. The minimum Gasteiger partial charge on any atom is -0.487 e. The third kappa shape index (κ3) is 5.85. The molecule has 0 aliphatic heterocycles. The minimum absolute atomic E-state index is 0.111. The molecule has 164 valence electrons. The highest BCUT2D eigenvalue weighted by molar-refractivity contribution is 14.1. The predicted octanol–water partition coefficient (Wildman–Crippen LogP) is 6.33. The van der Waals surface area contributed by atoms with Crippen LogP contribution in [0.25, 0.3) is 0 Å². The predicted molar refractivity (Wildman–Crippen MR) is 109 cm³/mol. The van der Waals surface area contributed by atoms with Gasteiger partial charge < -0.3 is 4.74 Å². The highest BCUT2D eigenvalue weighted by Crippen LogP contribution is 2.45. The molecular formula is C17H10F8I2N2O. The summed E-state index contributed by atoms with van der Waals surface area (Å²) >= 11 is 3.72. The number of hydrazone groups is 1. The smallest absolute Gasteiger partial charge is 0.462 e. The number of hydrogen-bond donors (Lipinski definition) is 1. The van der Waals surface area contributed by atoms with Gasteiger partial charge in [-0.3, -0.25) is 0 Å². The lowest BCUT2D eigenvalue weighted by atomic mass is 10.2. The van der Waals surface area contributed by atoms with E-state index in [4.69, 9.17) is 4.74 Å². The molecule has 0 heterocycles. The van der Waals surface area contributed by atoms with Crippen molar-refractivity contribution in [1.82, 2.24) is 5.43 Å². The molecule has 0 atom stereocenters. The number of alkyl halides is 7. The Morgan fingerprint density at radius 1 is 0.933 bits per heavy atom. The second-order valence-corrected chi connectivity index (χ2v) is 8.07. The molecule has 0 aliphatic carbocycles. The van der Waals surface area contributed by atoms with Crippen LogP contribution in [0.15, 0.2) is 41.5 Å². The molecule has 30 heavy (non-hydrogen) atoms. The van der Waals surface area contributed by atoms with E-state index in [1.807, 2.05) is 45.2 Å². The number of benzene rings is 2. The van der Waals surface area contributed by atoms with Crippen LogP contribution in [-0.2, 0) is 6.61 Å². The molecule has 0 unspecified atom stereocenters. The monoisotopic (exact) mass is 664 g/mol. The Kier molecular flexibility index (Phi) is 7.79. The fraction of sp³-hybridized carbons (Fsp3) is 0.235. The summed E-state index contributed by atoms with van der Waals surface area (Å²) in [5.41, 5.74) is 1.39. The van der Waals surface area contributed by atoms with Crippen molar-refractivity contribution >= 4 is 51.4 Å². The molecule has 13 heteroatoms. The van der Waals surface area contributed by atoms with Crippen molar-refractivity contribution in [2.45, 2.75) is 24.8 Å². The first-order valence-corrected chi connectivity index (χ1v) is 9.89. The van der Waals surface area contributed by atoms with Crippen molar-refractivity contribution in [2.75, 3.05) is 0 Å². The summed E-state index contributed by atoms with van der Waals surface area (Å²) in [5.74, 6) is -6.29. The Labute approximate surface area is 192 Å². The van der Waals surface area contributed by atoms with Crippen molar-refractivity contribution in [3.63, 3.8) is 0 Å². The zero-order valence-electron chi connectivity index (χ0n) is 14.4. The van der Waals surface area contributed by atoms with Crippen LogP contribution >= 0.6 is 45.2 Å². The van der Waals surface area contributed by atoms with Gasteiger partial charge in [-0.1, -0.05) is 12.1 Å². The van der Waals surface area contributed by atoms with Gasteiger partial charge in [-0.15, -0.1) is 0 Å². The first kappa shape index (κ1) is 24.9. The quantitative estimate of drug-likeness (QED) is 0.124. The number of nitrogens with zero attached hydrogens (tertiary/aromatic N) is 1. The van der Waals surface area contributed by atoms with Crippen LogP contribution in [0.2, 0.25) is 0 Å². The Morgan fingerprint density at radius 3 is 1.97 bits per heavy atom. The third-order valence-corrected chi connectivity index (χ3v) is 5.09. The van der Waals surface area contributed by atoms with Gasteiger partial charge in [-0.05, 0) is 80.6 Å². The molecule has 2 rings (SSSR count). The van der Waals surface area contributed by atoms with E-state index < -0.39 is 24.0 Å². The minimum atomic E-state index is -6.45. The molecule has 0 bridgehead atoms. The number of ether oxygens (including phenoxy) is 1. The molecule has 0 fully saturated rings. The average Bonchev–Trinajstić information content (AvgIpc) is 2.61. The van der Waals surface area contributed by atoms with E-state index in [0.717, 1.165) is 0 Å². The van der Waals surface area contributed by atoms with Crippen LogP contribution in [0.5, 0.6) is 5.75 Å². The van der Waals surface area contributed by atoms with E-state index in [1.165, 1.54) is 36.4 Å². The topological polar surface area (TPSA) is 33.6 Å². The highest BCUT2D eigenvalue weighted by atomic mass is 127. The van der Waals surface area contributed by atoms with Crippen LogP contribution < -0.4 is 10.2 Å². The van der Waals surface area contributed by atoms with Gasteiger partial charge in [-0.2, -0.15) is 35.8 Å². The highest BCUT2D eigenvalue weighted by Gasteiger charge is 2.73. The van der Waals surface area contributed by atoms with E-state index in [1.54, 1.807) is 0 Å². The standard InChI is InChI=1S/C17H10F8I2N2O/c18-11-3-1-9(2-4-11)8-30-14-12(26)5-10(6-13(14)27)7-28-29-17(24,25)15(19,20)16(21,22)23/h1-7,29H,8H2/b28-7+. The Hall–Kier alpha value is -1.39. The van der Waals surface area contributed by atoms with Gasteiger partial charge in [0.15, 0.2) is 0 Å². The second kappa shape index (κ2) is 9.40. The molecule has 1 N–H and O–H groups in total. The maximum absolute atomic E-state index is 13.2. The van der Waals surface area contributed by atoms with Crippen molar-refractivity contribution in [3.05, 3.63) is 60.5 Å². The van der Waals surface area contributed by atoms with E-state index >= 15 is 0 Å². The van der Waals surface area contributed by atoms with Crippen LogP contribution in [-0.4, -0.2) is 24.4 Å². The first-order valence-electron chi connectivity index (χ1n) is 7.73. The number of hydrogen-bond acceptors (Lipinski definition) is 3. The van der Waals surface area contributed by atoms with Crippen LogP contribution in [0.4, 0.5) is 35.1 Å². The van der Waals surface area contributed by atoms with Gasteiger partial charge in [0.25, 0.3) is 0 Å². The molecular weight excluding hydrogens is 654 g/mol. The maximum atomic E-state index is 13.2. The summed E-state index contributed by atoms with van der Waals surface area (Å²) in [5, 5.41) is 2.82. The molecule has 0 saturated carbocycles. The lowest BCUT2D eigenvalue weighted by Gasteiger charge is -2.27. The molecule has 3 nitrogen and oxygen atoms in total. The number of rotatable bonds is 7. The summed E-state index contributed by atoms with van der Waals surface area (Å²) in [6.07, 6.45) is -5.78. The van der Waals surface area contributed by atoms with Gasteiger partial charge in [-0.25, -0.2) is 9.82 Å². The SMILES string of the molecule is Fc1ccc(COc2c(I)cc(/C=N/NC(F)(F)C(F)(F)C(F)(F)F)cc2I)cc1. The Balaban J connectivity index is 2.10. The molecule has 2 aromatic rings. The van der Waals surface area contributed by atoms with Crippen LogP contribution in [0.1, 0.15) is 11.1 Å². The maximum Gasteiger partial charge on any atom is 0.462 e. The molecule has 0 amide bonds. The van der Waals surface area contributed by atoms with Gasteiger partial charge in [0, 0.05) is 0 Å². The van der Waals surface area contributed by atoms with Crippen LogP contribution in [0, 0.1) is 13.0 Å². The van der Waals surface area contributed by atoms with Crippen molar-refractivity contribution < 1.29 is 39.9 Å². The first-order chi connectivity index (χ1) is 13.7. The van der Waals surface area contributed by atoms with Crippen molar-refractivity contribution in [3.8, 4) is 5.75 Å². The lowest BCUT2D eigenvalue weighted by molar-refractivity contribution is -0.361. The molecule has 0 saturated heterocycles. The largest absolute Gasteiger partial charge is 0.487 e. The molecule has 0 spiro atoms. The summed E-state index contributed by atoms with van der Waals surface area (Å²) in [4.78, 5) is 0. The summed E-state index contributed by atoms with van der Waals surface area (Å²) < 4.78 is 108. The van der Waals surface area contributed by atoms with Crippen molar-refractivity contribution in [2.24, 2.45) is 5.10 Å². The van der Waals surface area contributed by atoms with E-state index in [-0.39, 0.29) is 12.2 Å². The number of nitrogens with one attached hydrogen (secondary N) is 1. The lowest BCUT2D eigenvalue weighted by Crippen LogP contribution is -2.58. The third-order valence-electron chi connectivity index (χ3n) is 3.49. The normalized spacial score (nSPS) is 13.0. The Morgan fingerprint density at radius 2 is 1.47 bits per heavy atom. The van der Waals surface area contributed by atoms with Crippen molar-refractivity contribution in [1.29, 1.82) is 0 Å². The van der Waals surface area contributed by atoms with E-state index in [0.29, 0.717) is 30.1 Å². The molecule has 2 aromatic carbocycles. The summed E-state index contributed by atoms with van der Waals surface area (Å²) in [6.45, 7) is 0.111. The van der Waals surface area contributed by atoms with E-state index in [9.17, 15) is 35.1 Å². The average molecular weight is 664 g/mol. The Bertz CT molecular complexity index is 894. The molecule has 0 radical (unpaired) electrons. The fourth-order valence-corrected chi connectivity index (χ4v) is 4.09. The van der Waals surface area contributed by atoms with E-state index in [2.05, 4.69) is 5.10 Å². The molecule has 0 aromatic heterocycles. The van der Waals surface area contributed by atoms with Gasteiger partial charge in [0.05, 0.1) is 13.4 Å². The van der Waals surface area contributed by atoms with Gasteiger partial charge >= 0.3 is 18.1 Å².